The molecule has 0 bridgehead atoms. The van der Waals surface area contributed by atoms with Crippen LogP contribution in [0.5, 0.6) is 0 Å². The van der Waals surface area contributed by atoms with Crippen molar-refractivity contribution in [2.45, 2.75) is 117 Å². The monoisotopic (exact) mass is 504 g/mol. The third-order valence-electron chi connectivity index (χ3n) is 5.50. The molecule has 35 heavy (non-hydrogen) atoms. The van der Waals surface area contributed by atoms with Crippen molar-refractivity contribution in [1.29, 1.82) is 0 Å². The number of aliphatic hydroxyl groups is 2. The lowest BCUT2D eigenvalue weighted by Gasteiger charge is -2.21. The molecule has 208 valence electrons. The minimum Gasteiger partial charge on any atom is -0.392 e. The summed E-state index contributed by atoms with van der Waals surface area (Å²) in [4.78, 5) is 35.0. The van der Waals surface area contributed by atoms with Crippen molar-refractivity contribution in [2.24, 2.45) is 0 Å². The number of hydroxylamine groups is 4. The van der Waals surface area contributed by atoms with Crippen molar-refractivity contribution in [3.8, 4) is 0 Å². The lowest BCUT2D eigenvalue weighted by molar-refractivity contribution is -0.194. The van der Waals surface area contributed by atoms with Crippen LogP contribution < -0.4 is 0 Å². The average molecular weight is 505 g/mol. The number of hydrogen-bond donors (Lipinski definition) is 2. The molecule has 9 heteroatoms. The van der Waals surface area contributed by atoms with Crippen LogP contribution in [-0.4, -0.2) is 83.9 Å². The Morgan fingerprint density at radius 1 is 0.629 bits per heavy atom. The Balaban J connectivity index is 4.06. The summed E-state index contributed by atoms with van der Waals surface area (Å²) in [7, 11) is 0. The zero-order valence-corrected chi connectivity index (χ0v) is 22.7. The molecule has 0 rings (SSSR count). The Labute approximate surface area is 213 Å². The molecule has 0 saturated carbocycles. The van der Waals surface area contributed by atoms with Crippen molar-refractivity contribution in [3.05, 3.63) is 0 Å². The molecular weight excluding hydrogens is 452 g/mol. The van der Waals surface area contributed by atoms with Gasteiger partial charge in [-0.25, -0.2) is 0 Å². The van der Waals surface area contributed by atoms with E-state index in [9.17, 15) is 19.8 Å². The first kappa shape index (κ1) is 33.7. The number of hydrogen-bond acceptors (Lipinski definition) is 9. The van der Waals surface area contributed by atoms with E-state index in [1.54, 1.807) is 10.1 Å². The van der Waals surface area contributed by atoms with Gasteiger partial charge in [-0.05, 0) is 38.5 Å². The Morgan fingerprint density at radius 2 is 0.943 bits per heavy atom. The molecule has 0 aromatic heterocycles. The molecule has 0 saturated heterocycles. The topological polar surface area (TPSA) is 109 Å². The minimum absolute atomic E-state index is 0.0842. The number of unbranched alkanes of at least 4 members (excludes halogenated alkanes) is 4. The molecule has 0 aliphatic carbocycles. The summed E-state index contributed by atoms with van der Waals surface area (Å²) < 4.78 is 5.47. The quantitative estimate of drug-likeness (QED) is 0.149. The maximum absolute atomic E-state index is 12.1. The second kappa shape index (κ2) is 23.2. The fourth-order valence-electron chi connectivity index (χ4n) is 3.24. The number of nitrogens with zero attached hydrogens (tertiary/aromatic N) is 2. The summed E-state index contributed by atoms with van der Waals surface area (Å²) in [6.07, 6.45) is 6.61. The fourth-order valence-corrected chi connectivity index (χ4v) is 3.24. The molecule has 0 aliphatic rings. The van der Waals surface area contributed by atoms with Crippen molar-refractivity contribution in [1.82, 2.24) is 10.1 Å². The van der Waals surface area contributed by atoms with Crippen LogP contribution in [0.4, 0.5) is 0 Å². The van der Waals surface area contributed by atoms with Crippen LogP contribution in [0, 0.1) is 0 Å². The Morgan fingerprint density at radius 3 is 1.23 bits per heavy atom. The highest BCUT2D eigenvalue weighted by molar-refractivity contribution is 5.69. The standard InChI is InChI=1S/C26H52N2O7/c1-5-9-15-27(16-10-6-2)34-25(31)21-23(29)13-19-33-20-14-24(30)22-26(32)35-28(17-11-7-3)18-12-8-4/h23-24,29-30H,5-22H2,1-4H3. The average Bonchev–Trinajstić information content (AvgIpc) is 2.81. The summed E-state index contributed by atoms with van der Waals surface area (Å²) in [6, 6.07) is 0. The minimum atomic E-state index is -0.848. The molecule has 0 radical (unpaired) electrons. The molecule has 0 heterocycles. The lowest BCUT2D eigenvalue weighted by atomic mass is 10.2. The van der Waals surface area contributed by atoms with Crippen molar-refractivity contribution < 1.29 is 34.2 Å². The van der Waals surface area contributed by atoms with Crippen molar-refractivity contribution in [3.63, 3.8) is 0 Å². The molecule has 0 fully saturated rings. The van der Waals surface area contributed by atoms with Crippen LogP contribution in [0.3, 0.4) is 0 Å². The number of carbonyl (C=O) groups excluding carboxylic acids is 2. The maximum Gasteiger partial charge on any atom is 0.327 e. The number of ether oxygens (including phenoxy) is 1. The summed E-state index contributed by atoms with van der Waals surface area (Å²) in [6.45, 7) is 11.7. The van der Waals surface area contributed by atoms with E-state index in [0.29, 0.717) is 39.0 Å². The van der Waals surface area contributed by atoms with Gasteiger partial charge in [0.2, 0.25) is 0 Å². The van der Waals surface area contributed by atoms with E-state index >= 15 is 0 Å². The summed E-state index contributed by atoms with van der Waals surface area (Å²) in [5.74, 6) is -0.879. The molecule has 0 aromatic carbocycles. The van der Waals surface area contributed by atoms with Crippen LogP contribution in [0.2, 0.25) is 0 Å². The predicted octanol–water partition coefficient (Wildman–Crippen LogP) is 4.01. The first-order chi connectivity index (χ1) is 16.9. The van der Waals surface area contributed by atoms with E-state index < -0.39 is 24.1 Å². The van der Waals surface area contributed by atoms with Gasteiger partial charge in [-0.3, -0.25) is 9.59 Å². The largest absolute Gasteiger partial charge is 0.392 e. The van der Waals surface area contributed by atoms with Crippen molar-refractivity contribution >= 4 is 11.9 Å². The molecular formula is C26H52N2O7. The predicted molar refractivity (Wildman–Crippen MR) is 136 cm³/mol. The van der Waals surface area contributed by atoms with Gasteiger partial charge in [0.15, 0.2) is 0 Å². The van der Waals surface area contributed by atoms with Gasteiger partial charge in [-0.2, -0.15) is 0 Å². The molecule has 2 unspecified atom stereocenters. The van der Waals surface area contributed by atoms with E-state index in [4.69, 9.17) is 14.4 Å². The molecule has 2 atom stereocenters. The number of aliphatic hydroxyl groups excluding tert-OH is 2. The van der Waals surface area contributed by atoms with Gasteiger partial charge in [-0.1, -0.05) is 53.4 Å². The van der Waals surface area contributed by atoms with Crippen LogP contribution in [0.25, 0.3) is 0 Å². The molecule has 9 nitrogen and oxygen atoms in total. The van der Waals surface area contributed by atoms with Crippen LogP contribution in [0.15, 0.2) is 0 Å². The van der Waals surface area contributed by atoms with E-state index in [0.717, 1.165) is 51.4 Å². The van der Waals surface area contributed by atoms with Crippen LogP contribution in [-0.2, 0) is 24.0 Å². The smallest absolute Gasteiger partial charge is 0.327 e. The third kappa shape index (κ3) is 20.6. The highest BCUT2D eigenvalue weighted by atomic mass is 16.7. The van der Waals surface area contributed by atoms with E-state index in [1.165, 1.54) is 0 Å². The SMILES string of the molecule is CCCCN(CCCC)OC(=O)CC(O)CCOCCC(O)CC(=O)ON(CCCC)CCCC. The zero-order chi connectivity index (χ0) is 26.3. The van der Waals surface area contributed by atoms with Gasteiger partial charge in [0.05, 0.1) is 25.0 Å². The molecule has 0 aliphatic heterocycles. The van der Waals surface area contributed by atoms with E-state index in [2.05, 4.69) is 27.7 Å². The molecule has 0 amide bonds. The van der Waals surface area contributed by atoms with Gasteiger partial charge in [0, 0.05) is 39.4 Å². The van der Waals surface area contributed by atoms with Gasteiger partial charge in [0.25, 0.3) is 0 Å². The van der Waals surface area contributed by atoms with Gasteiger partial charge < -0.3 is 24.6 Å². The van der Waals surface area contributed by atoms with Crippen LogP contribution >= 0.6 is 0 Å². The molecule has 0 aromatic rings. The third-order valence-corrected chi connectivity index (χ3v) is 5.50. The summed E-state index contributed by atoms with van der Waals surface area (Å²) in [5.41, 5.74) is 0. The van der Waals surface area contributed by atoms with Crippen LogP contribution in [0.1, 0.15) is 105 Å². The van der Waals surface area contributed by atoms with E-state index in [-0.39, 0.29) is 26.1 Å². The second-order valence-electron chi connectivity index (χ2n) is 9.10. The van der Waals surface area contributed by atoms with Crippen molar-refractivity contribution in [2.75, 3.05) is 39.4 Å². The molecule has 2 N–H and O–H groups in total. The van der Waals surface area contributed by atoms with Gasteiger partial charge in [0.1, 0.15) is 0 Å². The molecule has 0 spiro atoms. The highest BCUT2D eigenvalue weighted by Crippen LogP contribution is 2.08. The number of carbonyl (C=O) groups is 2. The Hall–Kier alpha value is -1.26. The first-order valence-electron chi connectivity index (χ1n) is 13.7. The second-order valence-corrected chi connectivity index (χ2v) is 9.10. The lowest BCUT2D eigenvalue weighted by Crippen LogP contribution is -2.31. The Kier molecular flexibility index (Phi) is 22.3. The zero-order valence-electron chi connectivity index (χ0n) is 22.7. The highest BCUT2D eigenvalue weighted by Gasteiger charge is 2.18. The normalized spacial score (nSPS) is 13.3. The summed E-state index contributed by atoms with van der Waals surface area (Å²) in [5, 5.41) is 23.6. The first-order valence-corrected chi connectivity index (χ1v) is 13.7. The fraction of sp³-hybridized carbons (Fsp3) is 0.923. The number of rotatable bonds is 24. The van der Waals surface area contributed by atoms with E-state index in [1.807, 2.05) is 0 Å². The maximum atomic E-state index is 12.1. The van der Waals surface area contributed by atoms with Gasteiger partial charge >= 0.3 is 11.9 Å². The summed E-state index contributed by atoms with van der Waals surface area (Å²) >= 11 is 0. The van der Waals surface area contributed by atoms with Gasteiger partial charge in [-0.15, -0.1) is 10.1 Å². The Bertz CT molecular complexity index is 462.